The maximum Gasteiger partial charge on any atom is 0.237 e. The van der Waals surface area contributed by atoms with E-state index in [4.69, 9.17) is 0 Å². The maximum absolute atomic E-state index is 14.6. The van der Waals surface area contributed by atoms with Crippen molar-refractivity contribution >= 4 is 35.4 Å². The van der Waals surface area contributed by atoms with Crippen LogP contribution in [0.4, 0.5) is 0 Å². The van der Waals surface area contributed by atoms with Crippen LogP contribution in [-0.4, -0.2) is 108 Å². The number of fused-ring (bicyclic) bond motifs is 24. The van der Waals surface area contributed by atoms with E-state index in [0.29, 0.717) is 39.3 Å². The topological polar surface area (TPSA) is 247 Å². The molecule has 0 aromatic heterocycles. The Morgan fingerprint density at radius 2 is 0.381 bits per heavy atom. The van der Waals surface area contributed by atoms with E-state index in [1.807, 2.05) is 83.1 Å². The van der Waals surface area contributed by atoms with Gasteiger partial charge in [-0.1, -0.05) is 158 Å². The molecule has 6 aliphatic rings. The van der Waals surface area contributed by atoms with Crippen molar-refractivity contribution in [3.8, 4) is 0 Å². The Hall–Kier alpha value is -4.98. The van der Waals surface area contributed by atoms with Gasteiger partial charge in [-0.3, -0.25) is 28.8 Å². The zero-order chi connectivity index (χ0) is 60.8. The van der Waals surface area contributed by atoms with Gasteiger partial charge < -0.3 is 63.8 Å². The molecule has 0 radical (unpaired) electrons. The van der Waals surface area contributed by atoms with E-state index in [-0.39, 0.29) is 107 Å². The first-order chi connectivity index (χ1) is 40.0. The van der Waals surface area contributed by atoms with Gasteiger partial charge in [-0.2, -0.15) is 0 Å². The highest BCUT2D eigenvalue weighted by molar-refractivity contribution is 5.86. The van der Waals surface area contributed by atoms with Crippen LogP contribution in [0.5, 0.6) is 0 Å². The number of nitrogens with one attached hydrogen (secondary N) is 12. The average Bonchev–Trinajstić information content (AvgIpc) is 3.57. The third kappa shape index (κ3) is 18.8. The lowest BCUT2D eigenvalue weighted by molar-refractivity contribution is -0.128. The van der Waals surface area contributed by atoms with Crippen molar-refractivity contribution in [3.63, 3.8) is 0 Å². The lowest BCUT2D eigenvalue weighted by atomic mass is 9.89. The Morgan fingerprint density at radius 1 is 0.250 bits per heavy atom. The van der Waals surface area contributed by atoms with Crippen molar-refractivity contribution < 1.29 is 28.8 Å². The first-order valence-electron chi connectivity index (χ1n) is 32.5. The van der Waals surface area contributed by atoms with Gasteiger partial charge in [0, 0.05) is 75.5 Å². The molecule has 18 heteroatoms. The molecule has 3 aliphatic carbocycles. The molecule has 6 bridgehead atoms. The Bertz CT molecular complexity index is 2060. The van der Waals surface area contributed by atoms with E-state index in [1.54, 1.807) is 0 Å². The fraction of sp³-hybridized carbons (Fsp3) is 0.727. The van der Waals surface area contributed by atoms with Gasteiger partial charge >= 0.3 is 0 Å². The summed E-state index contributed by atoms with van der Waals surface area (Å²) in [6.07, 6.45) is 10.1. The molecule has 18 nitrogen and oxygen atoms in total. The molecule has 3 heterocycles. The second kappa shape index (κ2) is 31.6. The molecule has 468 valence electrons. The van der Waals surface area contributed by atoms with Crippen LogP contribution in [-0.2, 0) is 68.0 Å². The Kier molecular flexibility index (Phi) is 25.0. The predicted molar refractivity (Wildman–Crippen MR) is 333 cm³/mol. The molecular weight excluding hydrogens is 1060 g/mol. The minimum Gasteiger partial charge on any atom is -0.350 e. The van der Waals surface area contributed by atoms with Gasteiger partial charge in [0.15, 0.2) is 0 Å². The first-order valence-corrected chi connectivity index (χ1v) is 32.5. The number of hydrogen-bond donors (Lipinski definition) is 12. The molecule has 2 aromatic rings. The second-order valence-corrected chi connectivity index (χ2v) is 27.5. The predicted octanol–water partition coefficient (Wildman–Crippen LogP) is 5.73. The molecule has 8 rings (SSSR count). The van der Waals surface area contributed by atoms with Crippen molar-refractivity contribution in [1.29, 1.82) is 0 Å². The number of carbonyl (C=O) groups is 6. The van der Waals surface area contributed by atoms with Gasteiger partial charge in [-0.25, -0.2) is 0 Å². The van der Waals surface area contributed by atoms with Crippen LogP contribution < -0.4 is 63.8 Å². The van der Waals surface area contributed by atoms with E-state index in [1.165, 1.54) is 0 Å². The average molecular weight is 1170 g/mol. The molecule has 2 aromatic carbocycles. The maximum atomic E-state index is 14.6. The third-order valence-electron chi connectivity index (χ3n) is 18.3. The summed E-state index contributed by atoms with van der Waals surface area (Å²) < 4.78 is 0. The monoisotopic (exact) mass is 1160 g/mol. The highest BCUT2D eigenvalue weighted by Crippen LogP contribution is 2.25. The largest absolute Gasteiger partial charge is 0.350 e. The molecule has 0 spiro atoms. The fourth-order valence-electron chi connectivity index (χ4n) is 13.5. The van der Waals surface area contributed by atoms with E-state index < -0.39 is 36.3 Å². The molecule has 3 saturated carbocycles. The summed E-state index contributed by atoms with van der Waals surface area (Å²) in [5, 5.41) is 42.1. The normalized spacial score (nSPS) is 30.4. The van der Waals surface area contributed by atoms with E-state index in [2.05, 4.69) is 100 Å². The summed E-state index contributed by atoms with van der Waals surface area (Å²) in [4.78, 5) is 87.4. The van der Waals surface area contributed by atoms with E-state index in [0.717, 1.165) is 110 Å². The van der Waals surface area contributed by atoms with Gasteiger partial charge in [-0.05, 0) is 107 Å². The van der Waals surface area contributed by atoms with Crippen molar-refractivity contribution in [1.82, 2.24) is 63.8 Å². The fourth-order valence-corrected chi connectivity index (χ4v) is 13.5. The second-order valence-electron chi connectivity index (χ2n) is 27.5. The molecule has 2 unspecified atom stereocenters. The molecule has 12 atom stereocenters. The van der Waals surface area contributed by atoms with Gasteiger partial charge in [0.05, 0.1) is 36.3 Å². The van der Waals surface area contributed by atoms with Gasteiger partial charge in [0.2, 0.25) is 35.4 Å². The van der Waals surface area contributed by atoms with Crippen LogP contribution in [0.2, 0.25) is 0 Å². The third-order valence-corrected chi connectivity index (χ3v) is 18.3. The van der Waals surface area contributed by atoms with Gasteiger partial charge in [-0.15, -0.1) is 0 Å². The molecule has 3 aliphatic heterocycles. The summed E-state index contributed by atoms with van der Waals surface area (Å²) in [6.45, 7) is 26.8. The van der Waals surface area contributed by atoms with Crippen LogP contribution >= 0.6 is 0 Å². The molecule has 3 fully saturated rings. The summed E-state index contributed by atoms with van der Waals surface area (Å²) in [7, 11) is 0. The summed E-state index contributed by atoms with van der Waals surface area (Å²) in [5.41, 5.74) is 5.68. The lowest BCUT2D eigenvalue weighted by Gasteiger charge is -2.36. The summed E-state index contributed by atoms with van der Waals surface area (Å²) in [6, 6.07) is 7.94. The zero-order valence-electron chi connectivity index (χ0n) is 53.0. The van der Waals surface area contributed by atoms with Crippen LogP contribution in [0.1, 0.15) is 194 Å². The number of amides is 6. The van der Waals surface area contributed by atoms with Crippen LogP contribution in [0.25, 0.3) is 0 Å². The number of carbonyl (C=O) groups excluding carboxylic acids is 6. The molecule has 12 N–H and O–H groups in total. The van der Waals surface area contributed by atoms with Crippen molar-refractivity contribution in [3.05, 3.63) is 69.8 Å². The summed E-state index contributed by atoms with van der Waals surface area (Å²) in [5.74, 6) is -1.01. The minimum atomic E-state index is -0.541. The highest BCUT2D eigenvalue weighted by atomic mass is 16.2. The lowest BCUT2D eigenvalue weighted by Crippen LogP contribution is -2.60. The van der Waals surface area contributed by atoms with Crippen LogP contribution in [0.15, 0.2) is 36.4 Å². The molecule has 84 heavy (non-hydrogen) atoms. The van der Waals surface area contributed by atoms with E-state index >= 15 is 0 Å². The van der Waals surface area contributed by atoms with Crippen molar-refractivity contribution in [2.24, 2.45) is 35.5 Å². The summed E-state index contributed by atoms with van der Waals surface area (Å²) >= 11 is 0. The first kappa shape index (κ1) is 66.5. The van der Waals surface area contributed by atoms with Crippen LogP contribution in [0, 0.1) is 35.5 Å². The Morgan fingerprint density at radius 3 is 0.500 bits per heavy atom. The highest BCUT2D eigenvalue weighted by Gasteiger charge is 2.37. The van der Waals surface area contributed by atoms with Crippen LogP contribution in [0.3, 0.4) is 0 Å². The van der Waals surface area contributed by atoms with Crippen molar-refractivity contribution in [2.75, 3.05) is 0 Å². The zero-order valence-corrected chi connectivity index (χ0v) is 53.0. The molecule has 6 amide bonds. The van der Waals surface area contributed by atoms with Gasteiger partial charge in [0.1, 0.15) is 0 Å². The Labute approximate surface area is 503 Å². The van der Waals surface area contributed by atoms with E-state index in [9.17, 15) is 28.8 Å². The van der Waals surface area contributed by atoms with Gasteiger partial charge in [0.25, 0.3) is 0 Å². The Balaban J connectivity index is 1.33. The number of rotatable bonds is 6. The number of hydrogen-bond acceptors (Lipinski definition) is 12. The quantitative estimate of drug-likeness (QED) is 0.166. The number of benzene rings is 2. The SMILES string of the molecule is CC(C)C1NCc2cc3cc(c2)CN[C@@H](C(C)C)C(=O)N[C@@H]2CCCC[C@H]2NC(=O)[C@H](C(C)C)NCc2cc(cc(c2)CN[C@@H](C(C)C)C(=O)N[C@@H]2CCCC[C@H]2NC(=O)C(C(C)C)NC3)CN[C@@H](C(C)C)C(=O)N[C@@H]2CCCC[C@H]2NC1=O. The minimum absolute atomic E-state index is 0.0613. The van der Waals surface area contributed by atoms with Crippen molar-refractivity contribution in [2.45, 2.75) is 272 Å². The molecule has 0 saturated heterocycles. The molecular formula is C66H108N12O6. The standard InChI is InChI=1S/C66H108N12O6/c1-37(2)55-61(79)73-49-19-13-14-20-50(49)74-62(80)56(38(3)4)70-34-46-28-47-30-48(29-46)36-72-60(42(11)12)66(84)78-54-24-18-16-22-52(54)76-64(82)58(40(7)8)69-33-45-26-43(31-67-55)25-44(27-45)32-68-57(39(5)6)63(81)75-51-21-15-17-23-53(51)77-65(83)59(41(9)10)71-35-47/h25-30,37-42,49-60,67-72H,13-24,31-36H2,1-12H3,(H,73,79)(H,74,80)(H,75,81)(H,76,82)(H,77,83)(H,78,84)/t49-,50-,51-,52-,53-,54-,55+,56+,57+,58+,59?,60?/m1/s1. The smallest absolute Gasteiger partial charge is 0.237 e.